The number of rotatable bonds is 8. The van der Waals surface area contributed by atoms with Crippen LogP contribution in [0, 0.1) is 0 Å². The first-order chi connectivity index (χ1) is 15.2. The Bertz CT molecular complexity index is 1220. The quantitative estimate of drug-likeness (QED) is 0.495. The van der Waals surface area contributed by atoms with E-state index in [9.17, 15) is 13.2 Å². The Morgan fingerprint density at radius 1 is 0.938 bits per heavy atom. The minimum absolute atomic E-state index is 0.121. The van der Waals surface area contributed by atoms with Gasteiger partial charge in [-0.2, -0.15) is 0 Å². The van der Waals surface area contributed by atoms with Crippen LogP contribution in [0.1, 0.15) is 28.9 Å². The molecule has 2 N–H and O–H groups in total. The third kappa shape index (κ3) is 5.33. The normalized spacial score (nSPS) is 12.0. The second-order valence-electron chi connectivity index (χ2n) is 6.92. The molecule has 0 aliphatic carbocycles. The SMILES string of the molecule is COc1ccc([C@H](C)NC(=O)c2ccc(NS(=O)(=O)c3ccccc3)cc2Cl)cc1OC. The molecule has 7 nitrogen and oxygen atoms in total. The van der Waals surface area contributed by atoms with Crippen molar-refractivity contribution in [1.82, 2.24) is 5.32 Å². The van der Waals surface area contributed by atoms with Gasteiger partial charge in [-0.1, -0.05) is 35.9 Å². The van der Waals surface area contributed by atoms with E-state index in [2.05, 4.69) is 10.0 Å². The van der Waals surface area contributed by atoms with Crippen LogP contribution in [0.25, 0.3) is 0 Å². The third-order valence-corrected chi connectivity index (χ3v) is 6.48. The van der Waals surface area contributed by atoms with Gasteiger partial charge in [-0.25, -0.2) is 8.42 Å². The zero-order valence-electron chi connectivity index (χ0n) is 17.8. The van der Waals surface area contributed by atoms with Crippen LogP contribution >= 0.6 is 11.6 Å². The molecular weight excluding hydrogens is 452 g/mol. The maximum Gasteiger partial charge on any atom is 0.261 e. The van der Waals surface area contributed by atoms with Gasteiger partial charge in [0.15, 0.2) is 11.5 Å². The number of hydrogen-bond acceptors (Lipinski definition) is 5. The van der Waals surface area contributed by atoms with E-state index in [1.54, 1.807) is 37.4 Å². The van der Waals surface area contributed by atoms with Crippen LogP contribution in [0.15, 0.2) is 71.6 Å². The molecule has 0 unspecified atom stereocenters. The van der Waals surface area contributed by atoms with Crippen molar-refractivity contribution < 1.29 is 22.7 Å². The van der Waals surface area contributed by atoms with E-state index < -0.39 is 15.9 Å². The van der Waals surface area contributed by atoms with Gasteiger partial charge in [0.2, 0.25) is 0 Å². The summed E-state index contributed by atoms with van der Waals surface area (Å²) in [7, 11) is -0.672. The van der Waals surface area contributed by atoms with Crippen molar-refractivity contribution in [1.29, 1.82) is 0 Å². The number of nitrogens with one attached hydrogen (secondary N) is 2. The molecule has 0 spiro atoms. The number of carbonyl (C=O) groups excluding carboxylic acids is 1. The molecule has 3 aromatic rings. The molecule has 1 amide bonds. The number of hydrogen-bond donors (Lipinski definition) is 2. The zero-order valence-corrected chi connectivity index (χ0v) is 19.3. The van der Waals surface area contributed by atoms with E-state index in [0.29, 0.717) is 11.5 Å². The molecule has 3 rings (SSSR count). The van der Waals surface area contributed by atoms with Crippen molar-refractivity contribution in [2.24, 2.45) is 0 Å². The van der Waals surface area contributed by atoms with Gasteiger partial charge in [0.05, 0.1) is 41.4 Å². The van der Waals surface area contributed by atoms with Gasteiger partial charge in [-0.3, -0.25) is 9.52 Å². The molecule has 0 aliphatic rings. The molecule has 0 aromatic heterocycles. The summed E-state index contributed by atoms with van der Waals surface area (Å²) in [6, 6.07) is 17.4. The number of halogens is 1. The summed E-state index contributed by atoms with van der Waals surface area (Å²) in [6.07, 6.45) is 0. The molecule has 0 fully saturated rings. The summed E-state index contributed by atoms with van der Waals surface area (Å²) in [5.41, 5.74) is 1.30. The van der Waals surface area contributed by atoms with Gasteiger partial charge in [0.1, 0.15) is 0 Å². The Hall–Kier alpha value is -3.23. The Balaban J connectivity index is 1.74. The van der Waals surface area contributed by atoms with Crippen LogP contribution in [0.4, 0.5) is 5.69 Å². The van der Waals surface area contributed by atoms with Crippen molar-refractivity contribution in [2.75, 3.05) is 18.9 Å². The molecular formula is C23H23ClN2O5S. The Morgan fingerprint density at radius 2 is 1.62 bits per heavy atom. The highest BCUT2D eigenvalue weighted by atomic mass is 35.5. The summed E-state index contributed by atoms with van der Waals surface area (Å²) in [6.45, 7) is 1.83. The van der Waals surface area contributed by atoms with E-state index in [1.165, 1.54) is 37.4 Å². The van der Waals surface area contributed by atoms with Gasteiger partial charge < -0.3 is 14.8 Å². The highest BCUT2D eigenvalue weighted by Gasteiger charge is 2.18. The van der Waals surface area contributed by atoms with Crippen LogP contribution in [0.5, 0.6) is 11.5 Å². The van der Waals surface area contributed by atoms with Crippen molar-refractivity contribution in [2.45, 2.75) is 17.9 Å². The number of amides is 1. The van der Waals surface area contributed by atoms with Crippen LogP contribution in [0.2, 0.25) is 5.02 Å². The second-order valence-corrected chi connectivity index (χ2v) is 9.01. The van der Waals surface area contributed by atoms with E-state index in [4.69, 9.17) is 21.1 Å². The highest BCUT2D eigenvalue weighted by molar-refractivity contribution is 7.92. The molecule has 0 radical (unpaired) electrons. The smallest absolute Gasteiger partial charge is 0.261 e. The summed E-state index contributed by atoms with van der Waals surface area (Å²) >= 11 is 6.28. The van der Waals surface area contributed by atoms with Crippen molar-refractivity contribution in [3.05, 3.63) is 82.9 Å². The standard InChI is InChI=1S/C23H23ClN2O5S/c1-15(16-9-12-21(30-2)22(13-16)31-3)25-23(27)19-11-10-17(14-20(19)24)26-32(28,29)18-7-5-4-6-8-18/h4-15,26H,1-3H3,(H,25,27)/t15-/m0/s1. The minimum Gasteiger partial charge on any atom is -0.493 e. The van der Waals surface area contributed by atoms with Crippen LogP contribution in [-0.2, 0) is 10.0 Å². The lowest BCUT2D eigenvalue weighted by Crippen LogP contribution is -2.27. The maximum atomic E-state index is 12.8. The topological polar surface area (TPSA) is 93.7 Å². The molecule has 0 aliphatic heterocycles. The lowest BCUT2D eigenvalue weighted by atomic mass is 10.1. The molecule has 3 aromatic carbocycles. The Labute approximate surface area is 192 Å². The number of carbonyl (C=O) groups is 1. The summed E-state index contributed by atoms with van der Waals surface area (Å²) < 4.78 is 38.0. The second kappa shape index (κ2) is 9.93. The largest absolute Gasteiger partial charge is 0.493 e. The Morgan fingerprint density at radius 3 is 2.25 bits per heavy atom. The fraction of sp³-hybridized carbons (Fsp3) is 0.174. The van der Waals surface area contributed by atoms with Crippen molar-refractivity contribution >= 4 is 33.2 Å². The summed E-state index contributed by atoms with van der Waals surface area (Å²) in [4.78, 5) is 12.9. The molecule has 0 bridgehead atoms. The first kappa shape index (κ1) is 23.4. The number of sulfonamides is 1. The first-order valence-electron chi connectivity index (χ1n) is 9.65. The van der Waals surface area contributed by atoms with Gasteiger partial charge >= 0.3 is 0 Å². The van der Waals surface area contributed by atoms with Gasteiger partial charge in [-0.15, -0.1) is 0 Å². The lowest BCUT2D eigenvalue weighted by molar-refractivity contribution is 0.0940. The van der Waals surface area contributed by atoms with E-state index in [1.807, 2.05) is 13.0 Å². The molecule has 0 saturated heterocycles. The zero-order chi connectivity index (χ0) is 23.3. The van der Waals surface area contributed by atoms with Crippen LogP contribution in [-0.4, -0.2) is 28.5 Å². The fourth-order valence-corrected chi connectivity index (χ4v) is 4.39. The van der Waals surface area contributed by atoms with Crippen molar-refractivity contribution in [3.63, 3.8) is 0 Å². The Kier molecular flexibility index (Phi) is 7.27. The number of methoxy groups -OCH3 is 2. The third-order valence-electron chi connectivity index (χ3n) is 4.77. The molecule has 1 atom stereocenters. The fourth-order valence-electron chi connectivity index (χ4n) is 3.06. The van der Waals surface area contributed by atoms with Gasteiger partial charge in [-0.05, 0) is 55.0 Å². The monoisotopic (exact) mass is 474 g/mol. The molecule has 168 valence electrons. The van der Waals surface area contributed by atoms with E-state index >= 15 is 0 Å². The van der Waals surface area contributed by atoms with E-state index in [0.717, 1.165) is 5.56 Å². The lowest BCUT2D eigenvalue weighted by Gasteiger charge is -2.17. The summed E-state index contributed by atoms with van der Waals surface area (Å²) in [5.74, 6) is 0.750. The molecule has 0 heterocycles. The molecule has 32 heavy (non-hydrogen) atoms. The molecule has 0 saturated carbocycles. The van der Waals surface area contributed by atoms with Gasteiger partial charge in [0, 0.05) is 0 Å². The highest BCUT2D eigenvalue weighted by Crippen LogP contribution is 2.30. The number of anilines is 1. The predicted octanol–water partition coefficient (Wildman–Crippen LogP) is 4.65. The maximum absolute atomic E-state index is 12.8. The number of ether oxygens (including phenoxy) is 2. The number of benzene rings is 3. The first-order valence-corrected chi connectivity index (χ1v) is 11.5. The molecule has 9 heteroatoms. The summed E-state index contributed by atoms with van der Waals surface area (Å²) in [5, 5.41) is 3.00. The van der Waals surface area contributed by atoms with Crippen LogP contribution in [0.3, 0.4) is 0 Å². The van der Waals surface area contributed by atoms with E-state index in [-0.39, 0.29) is 27.2 Å². The minimum atomic E-state index is -3.76. The van der Waals surface area contributed by atoms with Crippen molar-refractivity contribution in [3.8, 4) is 11.5 Å². The van der Waals surface area contributed by atoms with Crippen LogP contribution < -0.4 is 19.5 Å². The predicted molar refractivity (Wildman–Crippen MR) is 124 cm³/mol. The average Bonchev–Trinajstić information content (AvgIpc) is 2.78. The average molecular weight is 475 g/mol. The van der Waals surface area contributed by atoms with Gasteiger partial charge in [0.25, 0.3) is 15.9 Å².